The molecule has 0 amide bonds. The van der Waals surface area contributed by atoms with Crippen LogP contribution < -0.4 is 9.47 Å². The Kier molecular flexibility index (Phi) is 8.97. The van der Waals surface area contributed by atoms with Crippen molar-refractivity contribution in [1.29, 1.82) is 0 Å². The van der Waals surface area contributed by atoms with Gasteiger partial charge in [-0.2, -0.15) is 13.2 Å². The van der Waals surface area contributed by atoms with Gasteiger partial charge in [0.15, 0.2) is 0 Å². The molecule has 11 aromatic rings. The Hall–Kier alpha value is -8.31. The average Bonchev–Trinajstić information content (AvgIpc) is 3.81. The number of aryl methyl sites for hydroxylation is 1. The minimum atomic E-state index is -4.51. The molecule has 0 aliphatic carbocycles. The first-order valence-electron chi connectivity index (χ1n) is 20.2. The maximum atomic E-state index is 13.7. The highest BCUT2D eigenvalue weighted by Crippen LogP contribution is 2.38. The molecule has 0 aliphatic rings. The number of aromatic nitrogens is 6. The molecular weight excluding hydrogens is 798 g/mol. The molecule has 5 aromatic heterocycles. The molecule has 0 bridgehead atoms. The van der Waals surface area contributed by atoms with Crippen molar-refractivity contribution < 1.29 is 22.6 Å². The molecule has 8 nitrogen and oxygen atoms in total. The fourth-order valence-corrected chi connectivity index (χ4v) is 8.22. The van der Waals surface area contributed by atoms with Gasteiger partial charge in [0, 0.05) is 57.2 Å². The van der Waals surface area contributed by atoms with Crippen LogP contribution in [-0.4, -0.2) is 29.1 Å². The van der Waals surface area contributed by atoms with E-state index < -0.39 is 11.7 Å². The summed E-state index contributed by atoms with van der Waals surface area (Å²) in [5.41, 5.74) is 6.77. The molecule has 304 valence electrons. The van der Waals surface area contributed by atoms with Gasteiger partial charge in [0.2, 0.25) is 0 Å². The lowest BCUT2D eigenvalue weighted by atomic mass is 10.1. The number of pyridine rings is 2. The summed E-state index contributed by atoms with van der Waals surface area (Å²) in [6.45, 7) is 2.06. The highest BCUT2D eigenvalue weighted by Gasteiger charge is 2.31. The predicted molar refractivity (Wildman–Crippen MR) is 240 cm³/mol. The first-order valence-corrected chi connectivity index (χ1v) is 20.2. The van der Waals surface area contributed by atoms with E-state index in [-0.39, 0.29) is 5.82 Å². The fraction of sp³-hybridized carbons (Fsp3) is 0.0385. The zero-order valence-electron chi connectivity index (χ0n) is 33.5. The largest absolute Gasteiger partial charge is 0.457 e. The van der Waals surface area contributed by atoms with Gasteiger partial charge in [0.1, 0.15) is 34.6 Å². The summed E-state index contributed by atoms with van der Waals surface area (Å²) in [6, 6.07) is 48.9. The molecule has 0 fully saturated rings. The lowest BCUT2D eigenvalue weighted by Gasteiger charge is -2.12. The Morgan fingerprint density at radius 2 is 0.905 bits per heavy atom. The van der Waals surface area contributed by atoms with Crippen LogP contribution >= 0.6 is 0 Å². The van der Waals surface area contributed by atoms with Crippen molar-refractivity contribution in [2.75, 3.05) is 0 Å². The summed E-state index contributed by atoms with van der Waals surface area (Å²) >= 11 is 0. The third-order valence-corrected chi connectivity index (χ3v) is 11.1. The minimum Gasteiger partial charge on any atom is -0.457 e. The number of fused-ring (bicyclic) bond motifs is 6. The molecule has 0 saturated heterocycles. The molecule has 0 N–H and O–H groups in total. The molecule has 0 aliphatic heterocycles. The number of halogens is 3. The van der Waals surface area contributed by atoms with Gasteiger partial charge in [-0.05, 0) is 97.4 Å². The SMILES string of the molecule is Cc1ccnc(-n2c3ccccc3c3ccc(Oc4cccc(-c5cnc(-c6cccc(Oc7ccc8c9ccccc9n(-c9cc(C(F)(F)F)ccn9)c8c7)c6)cn5)c4)cc32)c1. The second-order valence-electron chi connectivity index (χ2n) is 15.2. The monoisotopic (exact) mass is 830 g/mol. The van der Waals surface area contributed by atoms with Crippen LogP contribution in [0.4, 0.5) is 13.2 Å². The fourth-order valence-electron chi connectivity index (χ4n) is 8.22. The quantitative estimate of drug-likeness (QED) is 0.152. The molecule has 0 atom stereocenters. The topological polar surface area (TPSA) is 79.9 Å². The maximum absolute atomic E-state index is 13.7. The highest BCUT2D eigenvalue weighted by molar-refractivity contribution is 6.10. The first-order chi connectivity index (χ1) is 30.7. The van der Waals surface area contributed by atoms with E-state index in [0.717, 1.165) is 72.7 Å². The van der Waals surface area contributed by atoms with Crippen LogP contribution in [0.2, 0.25) is 0 Å². The van der Waals surface area contributed by atoms with E-state index in [0.29, 0.717) is 39.9 Å². The Balaban J connectivity index is 0.850. The van der Waals surface area contributed by atoms with E-state index in [9.17, 15) is 13.2 Å². The number of ether oxygens (including phenoxy) is 2. The Morgan fingerprint density at radius 1 is 0.429 bits per heavy atom. The number of benzene rings is 6. The molecule has 63 heavy (non-hydrogen) atoms. The van der Waals surface area contributed by atoms with Crippen LogP contribution in [0.3, 0.4) is 0 Å². The standard InChI is InChI=1S/C52H33F3N6O2/c1-32-20-22-56-50(24-32)60-46-14-4-2-12-40(46)42-18-16-38(28-48(42)60)62-36-10-6-8-33(25-36)44-30-59-45(31-58-44)34-9-7-11-37(26-34)63-39-17-19-43-41-13-3-5-15-47(41)61(49(43)29-39)51-27-35(21-23-57-51)52(53,54)55/h2-31H,1H3. The normalized spacial score (nSPS) is 11.8. The van der Waals surface area contributed by atoms with E-state index in [2.05, 4.69) is 46.8 Å². The number of rotatable bonds is 8. The maximum Gasteiger partial charge on any atom is 0.416 e. The van der Waals surface area contributed by atoms with Gasteiger partial charge in [-0.25, -0.2) is 9.97 Å². The summed E-state index contributed by atoms with van der Waals surface area (Å²) in [5.74, 6) is 3.40. The number of hydrogen-bond acceptors (Lipinski definition) is 6. The summed E-state index contributed by atoms with van der Waals surface area (Å²) in [5, 5.41) is 3.99. The van der Waals surface area contributed by atoms with Gasteiger partial charge < -0.3 is 9.47 Å². The first kappa shape index (κ1) is 37.7. The lowest BCUT2D eigenvalue weighted by Crippen LogP contribution is -2.07. The zero-order valence-corrected chi connectivity index (χ0v) is 33.5. The molecule has 0 unspecified atom stereocenters. The van der Waals surface area contributed by atoms with Gasteiger partial charge >= 0.3 is 6.18 Å². The van der Waals surface area contributed by atoms with Crippen molar-refractivity contribution in [2.45, 2.75) is 13.1 Å². The van der Waals surface area contributed by atoms with Crippen molar-refractivity contribution in [2.24, 2.45) is 0 Å². The summed E-state index contributed by atoms with van der Waals surface area (Å²) in [4.78, 5) is 18.6. The summed E-state index contributed by atoms with van der Waals surface area (Å²) < 4.78 is 57.9. The van der Waals surface area contributed by atoms with Crippen LogP contribution in [0.15, 0.2) is 183 Å². The highest BCUT2D eigenvalue weighted by atomic mass is 19.4. The van der Waals surface area contributed by atoms with Crippen LogP contribution in [0.25, 0.3) is 77.8 Å². The Labute approximate surface area is 358 Å². The van der Waals surface area contributed by atoms with E-state index in [1.165, 1.54) is 6.20 Å². The van der Waals surface area contributed by atoms with Gasteiger partial charge in [0.25, 0.3) is 0 Å². The summed E-state index contributed by atoms with van der Waals surface area (Å²) in [7, 11) is 0. The van der Waals surface area contributed by atoms with E-state index in [4.69, 9.17) is 24.4 Å². The van der Waals surface area contributed by atoms with Crippen molar-refractivity contribution in [1.82, 2.24) is 29.1 Å². The van der Waals surface area contributed by atoms with Gasteiger partial charge in [-0.3, -0.25) is 19.1 Å². The van der Waals surface area contributed by atoms with Crippen LogP contribution in [-0.2, 0) is 6.18 Å². The van der Waals surface area contributed by atoms with E-state index in [1.807, 2.05) is 121 Å². The number of nitrogens with zero attached hydrogens (tertiary/aromatic N) is 6. The molecule has 0 radical (unpaired) electrons. The number of para-hydroxylation sites is 2. The van der Waals surface area contributed by atoms with E-state index >= 15 is 0 Å². The van der Waals surface area contributed by atoms with Crippen molar-refractivity contribution in [3.05, 3.63) is 194 Å². The van der Waals surface area contributed by atoms with Crippen molar-refractivity contribution >= 4 is 43.6 Å². The van der Waals surface area contributed by atoms with Crippen LogP contribution in [0.1, 0.15) is 11.1 Å². The van der Waals surface area contributed by atoms with Crippen LogP contribution in [0, 0.1) is 6.92 Å². The smallest absolute Gasteiger partial charge is 0.416 e. The molecule has 0 spiro atoms. The molecule has 11 rings (SSSR count). The molecule has 11 heteroatoms. The van der Waals surface area contributed by atoms with Crippen molar-refractivity contribution in [3.8, 4) is 57.1 Å². The number of hydrogen-bond donors (Lipinski definition) is 0. The predicted octanol–water partition coefficient (Wildman–Crippen LogP) is 13.7. The third kappa shape index (κ3) is 6.95. The third-order valence-electron chi connectivity index (χ3n) is 11.1. The second-order valence-corrected chi connectivity index (χ2v) is 15.2. The van der Waals surface area contributed by atoms with Gasteiger partial charge in [-0.1, -0.05) is 60.7 Å². The molecule has 6 aromatic carbocycles. The zero-order chi connectivity index (χ0) is 42.7. The van der Waals surface area contributed by atoms with Crippen molar-refractivity contribution in [3.63, 3.8) is 0 Å². The minimum absolute atomic E-state index is 0.158. The Morgan fingerprint density at radius 3 is 1.41 bits per heavy atom. The Bertz CT molecular complexity index is 3540. The van der Waals surface area contributed by atoms with Gasteiger partial charge in [-0.15, -0.1) is 0 Å². The molecule has 0 saturated carbocycles. The van der Waals surface area contributed by atoms with Gasteiger partial charge in [0.05, 0.1) is 51.4 Å². The molecule has 5 heterocycles. The average molecular weight is 831 g/mol. The molecular formula is C52H33F3N6O2. The summed E-state index contributed by atoms with van der Waals surface area (Å²) in [6.07, 6.45) is 1.96. The number of alkyl halides is 3. The van der Waals surface area contributed by atoms with E-state index in [1.54, 1.807) is 17.0 Å². The second kappa shape index (κ2) is 15.0. The van der Waals surface area contributed by atoms with Crippen LogP contribution in [0.5, 0.6) is 23.0 Å². The lowest BCUT2D eigenvalue weighted by molar-refractivity contribution is -0.137.